The summed E-state index contributed by atoms with van der Waals surface area (Å²) in [5.74, 6) is 1.29. The van der Waals surface area contributed by atoms with E-state index in [4.69, 9.17) is 22.9 Å². The van der Waals surface area contributed by atoms with Gasteiger partial charge in [-0.2, -0.15) is 0 Å². The zero-order valence-electron chi connectivity index (χ0n) is 25.9. The highest BCUT2D eigenvalue weighted by molar-refractivity contribution is 6.30. The van der Waals surface area contributed by atoms with Crippen molar-refractivity contribution < 1.29 is 9.53 Å². The number of carbonyl (C=O) groups is 1. The van der Waals surface area contributed by atoms with Gasteiger partial charge in [-0.05, 0) is 100.0 Å². The van der Waals surface area contributed by atoms with Crippen LogP contribution in [0.15, 0.2) is 66.9 Å². The standard InChI is InChI=1S/C36H44ClN5O2/c1-26-7-6-18-41(26)25-36(29-8-4-9-30(37)21-29,33-10-5-11-34(33)44-35(43)39-3)28-16-19-40(20-17-28)22-27-23-42(24-27)32-14-12-31(38-2)13-15-32/h4,6-9,12-15,18,21,27-28,33-34H,5,10-11,16-17,19-20,22-25H2,1,3H3,(H,39,43)/t33-,34-,36?/m1/s1. The van der Waals surface area contributed by atoms with Gasteiger partial charge in [-0.15, -0.1) is 0 Å². The van der Waals surface area contributed by atoms with Crippen molar-refractivity contribution in [2.75, 3.05) is 44.7 Å². The lowest BCUT2D eigenvalue weighted by Crippen LogP contribution is -2.55. The number of benzene rings is 2. The van der Waals surface area contributed by atoms with Gasteiger partial charge in [0.05, 0.1) is 6.57 Å². The van der Waals surface area contributed by atoms with Gasteiger partial charge < -0.3 is 24.4 Å². The first-order chi connectivity index (χ1) is 21.4. The molecular weight excluding hydrogens is 570 g/mol. The lowest BCUT2D eigenvalue weighted by atomic mass is 9.58. The Morgan fingerprint density at radius 3 is 2.50 bits per heavy atom. The first-order valence-electron chi connectivity index (χ1n) is 16.1. The summed E-state index contributed by atoms with van der Waals surface area (Å²) >= 11 is 6.70. The first-order valence-corrected chi connectivity index (χ1v) is 16.5. The molecule has 0 bridgehead atoms. The molecule has 0 radical (unpaired) electrons. The number of hydrogen-bond donors (Lipinski definition) is 1. The van der Waals surface area contributed by atoms with Crippen molar-refractivity contribution in [1.82, 2.24) is 14.8 Å². The van der Waals surface area contributed by atoms with E-state index in [1.54, 1.807) is 7.05 Å². The van der Waals surface area contributed by atoms with Gasteiger partial charge in [-0.3, -0.25) is 0 Å². The Labute approximate surface area is 266 Å². The topological polar surface area (TPSA) is 54.1 Å². The molecule has 3 heterocycles. The van der Waals surface area contributed by atoms with Gasteiger partial charge in [-0.25, -0.2) is 9.64 Å². The molecule has 2 aromatic carbocycles. The Morgan fingerprint density at radius 2 is 1.84 bits per heavy atom. The average molecular weight is 614 g/mol. The third kappa shape index (κ3) is 6.20. The third-order valence-corrected chi connectivity index (χ3v) is 10.8. The van der Waals surface area contributed by atoms with Gasteiger partial charge in [-0.1, -0.05) is 35.9 Å². The van der Waals surface area contributed by atoms with E-state index in [1.807, 2.05) is 18.2 Å². The zero-order valence-corrected chi connectivity index (χ0v) is 26.7. The van der Waals surface area contributed by atoms with E-state index in [9.17, 15) is 4.79 Å². The van der Waals surface area contributed by atoms with Crippen LogP contribution in [0.4, 0.5) is 16.2 Å². The average Bonchev–Trinajstić information content (AvgIpc) is 3.66. The lowest BCUT2D eigenvalue weighted by Gasteiger charge is -2.51. The minimum atomic E-state index is -0.342. The molecular formula is C36H44ClN5O2. The fraction of sp³-hybridized carbons (Fsp3) is 0.500. The van der Waals surface area contributed by atoms with Crippen molar-refractivity contribution in [3.8, 4) is 0 Å². The van der Waals surface area contributed by atoms with Gasteiger partial charge in [0.1, 0.15) is 6.10 Å². The highest BCUT2D eigenvalue weighted by Crippen LogP contribution is 2.52. The maximum atomic E-state index is 12.5. The number of aromatic nitrogens is 1. The molecule has 3 aliphatic rings. The maximum Gasteiger partial charge on any atom is 0.407 e. The molecule has 6 rings (SSSR count). The summed E-state index contributed by atoms with van der Waals surface area (Å²) in [6.07, 6.45) is 6.90. The van der Waals surface area contributed by atoms with E-state index in [1.165, 1.54) is 16.9 Å². The van der Waals surface area contributed by atoms with Gasteiger partial charge in [0.25, 0.3) is 0 Å². The van der Waals surface area contributed by atoms with E-state index in [0.29, 0.717) is 17.5 Å². The van der Waals surface area contributed by atoms with Crippen LogP contribution in [0.5, 0.6) is 0 Å². The molecule has 1 amide bonds. The van der Waals surface area contributed by atoms with Crippen LogP contribution >= 0.6 is 11.6 Å². The molecule has 7 nitrogen and oxygen atoms in total. The van der Waals surface area contributed by atoms with Crippen molar-refractivity contribution in [3.05, 3.63) is 94.6 Å². The number of hydrogen-bond acceptors (Lipinski definition) is 4. The third-order valence-electron chi connectivity index (χ3n) is 10.6. The highest BCUT2D eigenvalue weighted by atomic mass is 35.5. The number of alkyl carbamates (subject to hydrolysis) is 1. The second-order valence-electron chi connectivity index (χ2n) is 13.0. The summed E-state index contributed by atoms with van der Waals surface area (Å²) in [6.45, 7) is 15.6. The molecule has 3 fully saturated rings. The predicted molar refractivity (Wildman–Crippen MR) is 177 cm³/mol. The minimum Gasteiger partial charge on any atom is -0.446 e. The number of nitrogens with one attached hydrogen (secondary N) is 1. The largest absolute Gasteiger partial charge is 0.446 e. The summed E-state index contributed by atoms with van der Waals surface area (Å²) < 4.78 is 8.50. The summed E-state index contributed by atoms with van der Waals surface area (Å²) in [5.41, 5.74) is 4.20. The Morgan fingerprint density at radius 1 is 1.07 bits per heavy atom. The monoisotopic (exact) mass is 613 g/mol. The van der Waals surface area contributed by atoms with Crippen LogP contribution in [0.25, 0.3) is 4.85 Å². The van der Waals surface area contributed by atoms with Crippen LogP contribution in [-0.2, 0) is 16.7 Å². The van der Waals surface area contributed by atoms with Gasteiger partial charge in [0, 0.05) is 73.1 Å². The Bertz CT molecular complexity index is 1470. The van der Waals surface area contributed by atoms with E-state index in [0.717, 1.165) is 76.4 Å². The summed E-state index contributed by atoms with van der Waals surface area (Å²) in [4.78, 5) is 21.1. The van der Waals surface area contributed by atoms with Crippen LogP contribution < -0.4 is 10.2 Å². The lowest BCUT2D eigenvalue weighted by molar-refractivity contribution is 0.00188. The van der Waals surface area contributed by atoms with Crippen LogP contribution in [-0.4, -0.2) is 61.4 Å². The summed E-state index contributed by atoms with van der Waals surface area (Å²) in [5, 5.41) is 3.45. The summed E-state index contributed by atoms with van der Waals surface area (Å²) in [7, 11) is 1.64. The van der Waals surface area contributed by atoms with Crippen molar-refractivity contribution in [2.45, 2.75) is 57.1 Å². The van der Waals surface area contributed by atoms with E-state index < -0.39 is 0 Å². The van der Waals surface area contributed by atoms with Gasteiger partial charge in [0.15, 0.2) is 5.69 Å². The maximum absolute atomic E-state index is 12.5. The fourth-order valence-corrected chi connectivity index (χ4v) is 8.50. The highest BCUT2D eigenvalue weighted by Gasteiger charge is 2.53. The van der Waals surface area contributed by atoms with Crippen molar-refractivity contribution in [1.29, 1.82) is 0 Å². The number of ether oxygens (including phenoxy) is 1. The molecule has 2 saturated heterocycles. The molecule has 0 spiro atoms. The number of halogens is 1. The van der Waals surface area contributed by atoms with Crippen molar-refractivity contribution in [2.24, 2.45) is 17.8 Å². The van der Waals surface area contributed by atoms with Crippen LogP contribution in [0, 0.1) is 31.2 Å². The molecule has 1 aliphatic carbocycles. The number of nitrogens with zero attached hydrogens (tertiary/aromatic N) is 4. The first kappa shape index (κ1) is 30.6. The molecule has 8 heteroatoms. The normalized spacial score (nSPS) is 22.6. The van der Waals surface area contributed by atoms with E-state index in [-0.39, 0.29) is 23.5 Å². The molecule has 3 atom stereocenters. The van der Waals surface area contributed by atoms with Gasteiger partial charge >= 0.3 is 6.09 Å². The number of anilines is 1. The molecule has 232 valence electrons. The fourth-order valence-electron chi connectivity index (χ4n) is 8.31. The summed E-state index contributed by atoms with van der Waals surface area (Å²) in [6, 6.07) is 20.8. The molecule has 1 unspecified atom stereocenters. The smallest absolute Gasteiger partial charge is 0.407 e. The minimum absolute atomic E-state index is 0.132. The quantitative estimate of drug-likeness (QED) is 0.257. The molecule has 2 aliphatic heterocycles. The van der Waals surface area contributed by atoms with Crippen molar-refractivity contribution >= 4 is 29.1 Å². The van der Waals surface area contributed by atoms with Crippen LogP contribution in [0.2, 0.25) is 5.02 Å². The Balaban J connectivity index is 1.22. The van der Waals surface area contributed by atoms with Crippen LogP contribution in [0.1, 0.15) is 43.4 Å². The van der Waals surface area contributed by atoms with Crippen molar-refractivity contribution in [3.63, 3.8) is 0 Å². The van der Waals surface area contributed by atoms with E-state index in [2.05, 4.69) is 80.1 Å². The molecule has 1 N–H and O–H groups in total. The Kier molecular flexibility index (Phi) is 9.21. The number of aryl methyl sites for hydroxylation is 1. The van der Waals surface area contributed by atoms with E-state index >= 15 is 0 Å². The number of amides is 1. The number of likely N-dealkylation sites (tertiary alicyclic amines) is 1. The second kappa shape index (κ2) is 13.3. The SMILES string of the molecule is [C-]#[N+]c1ccc(N2CC(CN3CCC(C(Cn4cccc4C)(c4cccc(Cl)c4)[C@@H]4CCC[C@H]4OC(=O)NC)CC3)C2)cc1. The molecule has 3 aromatic rings. The van der Waals surface area contributed by atoms with Gasteiger partial charge in [0.2, 0.25) is 0 Å². The number of piperidine rings is 1. The predicted octanol–water partition coefficient (Wildman–Crippen LogP) is 7.31. The molecule has 1 aromatic heterocycles. The van der Waals surface area contributed by atoms with Crippen LogP contribution in [0.3, 0.4) is 0 Å². The molecule has 44 heavy (non-hydrogen) atoms. The Hall–Kier alpha value is -3.47. The molecule has 1 saturated carbocycles. The second-order valence-corrected chi connectivity index (χ2v) is 13.5. The number of carbonyl (C=O) groups excluding carboxylic acids is 1. The zero-order chi connectivity index (χ0) is 30.7. The number of rotatable bonds is 9.